The highest BCUT2D eigenvalue weighted by Crippen LogP contribution is 2.61. The number of halogens is 1. The van der Waals surface area contributed by atoms with Crippen molar-refractivity contribution in [3.63, 3.8) is 0 Å². The van der Waals surface area contributed by atoms with Crippen molar-refractivity contribution in [2.75, 3.05) is 26.0 Å². The van der Waals surface area contributed by atoms with Gasteiger partial charge < -0.3 is 15.0 Å². The van der Waals surface area contributed by atoms with Gasteiger partial charge in [-0.15, -0.1) is 0 Å². The van der Waals surface area contributed by atoms with Crippen LogP contribution in [0.3, 0.4) is 0 Å². The Morgan fingerprint density at radius 1 is 1.13 bits per heavy atom. The third kappa shape index (κ3) is 6.30. The van der Waals surface area contributed by atoms with Gasteiger partial charge in [0.2, 0.25) is 0 Å². The number of fused-ring (bicyclic) bond motifs is 3. The summed E-state index contributed by atoms with van der Waals surface area (Å²) in [5, 5.41) is 4.10. The van der Waals surface area contributed by atoms with E-state index in [1.807, 2.05) is 42.7 Å². The second-order valence-corrected chi connectivity index (χ2v) is 13.3. The van der Waals surface area contributed by atoms with Crippen LogP contribution in [-0.4, -0.2) is 52.1 Å². The smallest absolute Gasteiger partial charge is 0.261 e. The number of guanidine groups is 1. The Balaban J connectivity index is 1.21. The summed E-state index contributed by atoms with van der Waals surface area (Å²) in [7, 11) is 3.58. The van der Waals surface area contributed by atoms with Crippen LogP contribution in [0, 0.1) is 29.0 Å². The lowest BCUT2D eigenvalue weighted by Gasteiger charge is -2.61. The minimum Gasteiger partial charge on any atom is -0.497 e. The molecule has 3 fully saturated rings. The Morgan fingerprint density at radius 3 is 2.64 bits per heavy atom. The lowest BCUT2D eigenvalue weighted by atomic mass is 9.45. The lowest BCUT2D eigenvalue weighted by molar-refractivity contribution is -0.108. The molecule has 45 heavy (non-hydrogen) atoms. The first-order valence-electron chi connectivity index (χ1n) is 15.9. The van der Waals surface area contributed by atoms with Gasteiger partial charge in [-0.3, -0.25) is 14.3 Å². The zero-order valence-corrected chi connectivity index (χ0v) is 26.8. The SMILES string of the molecule is COc1ccc(CCn2cnc3cc(NC(=NC4C[C@@H]5C[C@H]([C@@H]4C)C5(C)C)N(C)CCc4ccncc4)ccc3c2=O)c(F)c1. The molecule has 3 aliphatic rings. The molecular formula is C36H43FN6O2. The zero-order valence-electron chi connectivity index (χ0n) is 26.8. The number of hydrogen-bond acceptors (Lipinski definition) is 5. The Bertz CT molecular complexity index is 1750. The molecule has 2 heterocycles. The number of pyridine rings is 1. The number of rotatable bonds is 9. The number of hydrogen-bond donors (Lipinski definition) is 1. The van der Waals surface area contributed by atoms with Crippen molar-refractivity contribution < 1.29 is 9.13 Å². The van der Waals surface area contributed by atoms with E-state index in [1.165, 1.54) is 29.7 Å². The molecule has 8 nitrogen and oxygen atoms in total. The van der Waals surface area contributed by atoms with E-state index < -0.39 is 0 Å². The molecule has 2 aromatic heterocycles. The van der Waals surface area contributed by atoms with E-state index in [-0.39, 0.29) is 17.4 Å². The molecule has 0 amide bonds. The zero-order chi connectivity index (χ0) is 31.7. The predicted molar refractivity (Wildman–Crippen MR) is 177 cm³/mol. The van der Waals surface area contributed by atoms with Crippen molar-refractivity contribution in [1.29, 1.82) is 0 Å². The fourth-order valence-corrected chi connectivity index (χ4v) is 7.25. The van der Waals surface area contributed by atoms with E-state index in [9.17, 15) is 9.18 Å². The van der Waals surface area contributed by atoms with Gasteiger partial charge in [-0.1, -0.05) is 26.8 Å². The Hall–Kier alpha value is -4.27. The largest absolute Gasteiger partial charge is 0.497 e. The maximum atomic E-state index is 14.5. The number of aromatic nitrogens is 3. The first kappa shape index (κ1) is 30.7. The Labute approximate surface area is 264 Å². The van der Waals surface area contributed by atoms with E-state index in [2.05, 4.69) is 48.0 Å². The molecule has 0 spiro atoms. The van der Waals surface area contributed by atoms with Crippen molar-refractivity contribution in [2.24, 2.45) is 28.2 Å². The van der Waals surface area contributed by atoms with Crippen molar-refractivity contribution in [3.8, 4) is 5.75 Å². The summed E-state index contributed by atoms with van der Waals surface area (Å²) in [6.45, 7) is 8.30. The van der Waals surface area contributed by atoms with Crippen LogP contribution in [0.15, 0.2) is 77.0 Å². The van der Waals surface area contributed by atoms with Crippen molar-refractivity contribution in [2.45, 2.75) is 59.0 Å². The summed E-state index contributed by atoms with van der Waals surface area (Å²) in [5.41, 5.74) is 3.43. The maximum absolute atomic E-state index is 14.5. The first-order valence-corrected chi connectivity index (χ1v) is 15.9. The molecule has 2 aromatic carbocycles. The van der Waals surface area contributed by atoms with E-state index in [1.54, 1.807) is 18.5 Å². The quantitative estimate of drug-likeness (QED) is 0.180. The summed E-state index contributed by atoms with van der Waals surface area (Å²) in [6.07, 6.45) is 8.85. The molecule has 0 saturated heterocycles. The molecule has 4 atom stereocenters. The molecular weight excluding hydrogens is 567 g/mol. The highest BCUT2D eigenvalue weighted by molar-refractivity contribution is 5.95. The number of likely N-dealkylation sites (N-methyl/N-ethyl adjacent to an activating group) is 1. The molecule has 9 heteroatoms. The molecule has 1 N–H and O–H groups in total. The highest BCUT2D eigenvalue weighted by Gasteiger charge is 2.56. The van der Waals surface area contributed by atoms with Gasteiger partial charge in [0.25, 0.3) is 5.56 Å². The van der Waals surface area contributed by atoms with E-state index in [4.69, 9.17) is 9.73 Å². The number of nitrogens with one attached hydrogen (secondary N) is 1. The topological polar surface area (TPSA) is 84.6 Å². The van der Waals surface area contributed by atoms with Crippen LogP contribution in [0.1, 0.15) is 44.7 Å². The summed E-state index contributed by atoms with van der Waals surface area (Å²) >= 11 is 0. The molecule has 236 valence electrons. The minimum absolute atomic E-state index is 0.151. The van der Waals surface area contributed by atoms with Gasteiger partial charge >= 0.3 is 0 Å². The predicted octanol–water partition coefficient (Wildman–Crippen LogP) is 6.20. The van der Waals surface area contributed by atoms with Crippen LogP contribution in [0.2, 0.25) is 0 Å². The highest BCUT2D eigenvalue weighted by atomic mass is 19.1. The van der Waals surface area contributed by atoms with Gasteiger partial charge in [-0.2, -0.15) is 0 Å². The number of methoxy groups -OCH3 is 1. The molecule has 0 aliphatic heterocycles. The minimum atomic E-state index is -0.349. The number of benzene rings is 2. The fraction of sp³-hybridized carbons (Fsp3) is 0.444. The molecule has 4 aromatic rings. The van der Waals surface area contributed by atoms with Crippen LogP contribution >= 0.6 is 0 Å². The van der Waals surface area contributed by atoms with Crippen molar-refractivity contribution in [1.82, 2.24) is 19.4 Å². The third-order valence-electron chi connectivity index (χ3n) is 10.4. The number of anilines is 1. The molecule has 3 aliphatic carbocycles. The lowest BCUT2D eigenvalue weighted by Crippen LogP contribution is -2.56. The average molecular weight is 611 g/mol. The average Bonchev–Trinajstić information content (AvgIpc) is 3.04. The number of nitrogens with zero attached hydrogens (tertiary/aromatic N) is 5. The van der Waals surface area contributed by atoms with Gasteiger partial charge in [0.1, 0.15) is 11.6 Å². The fourth-order valence-electron chi connectivity index (χ4n) is 7.25. The van der Waals surface area contributed by atoms with Crippen LogP contribution in [0.25, 0.3) is 10.9 Å². The van der Waals surface area contributed by atoms with Crippen LogP contribution in [0.4, 0.5) is 10.1 Å². The van der Waals surface area contributed by atoms with E-state index in [0.717, 1.165) is 31.0 Å². The summed E-state index contributed by atoms with van der Waals surface area (Å²) in [5.74, 6) is 2.86. The van der Waals surface area contributed by atoms with Crippen LogP contribution in [-0.2, 0) is 19.4 Å². The third-order valence-corrected chi connectivity index (χ3v) is 10.4. The molecule has 7 rings (SSSR count). The van der Waals surface area contributed by atoms with Crippen molar-refractivity contribution in [3.05, 3.63) is 94.5 Å². The Morgan fingerprint density at radius 2 is 1.93 bits per heavy atom. The van der Waals surface area contributed by atoms with Gasteiger partial charge in [0.05, 0.1) is 30.4 Å². The molecule has 0 radical (unpaired) electrons. The number of aryl methyl sites for hydroxylation is 2. The molecule has 1 unspecified atom stereocenters. The van der Waals surface area contributed by atoms with Gasteiger partial charge in [-0.05, 0) is 96.4 Å². The van der Waals surface area contributed by atoms with Crippen molar-refractivity contribution >= 4 is 22.5 Å². The molecule has 3 saturated carbocycles. The number of ether oxygens (including phenoxy) is 1. The molecule has 2 bridgehead atoms. The second-order valence-electron chi connectivity index (χ2n) is 13.3. The number of aliphatic imine (C=N–C) groups is 1. The van der Waals surface area contributed by atoms with Crippen LogP contribution < -0.4 is 15.6 Å². The standard InChI is InChI=1S/C36H43FN6O2/c1-23-30-18-26(36(30,2)3)19-32(23)41-35(42(4)16-12-24-10-14-38-15-11-24)40-27-7-9-29-33(20-27)39-22-43(34(29)44)17-13-25-6-8-28(45-5)21-31(25)37/h6-11,14-15,20-23,26,30,32H,12-13,16-19H2,1-5H3,(H,40,41)/t23-,26-,30+,32?/m0/s1. The normalized spacial score (nSPS) is 22.1. The Kier molecular flexibility index (Phi) is 8.62. The van der Waals surface area contributed by atoms with Gasteiger partial charge in [0, 0.05) is 44.3 Å². The van der Waals surface area contributed by atoms with Crippen LogP contribution in [0.5, 0.6) is 5.75 Å². The monoisotopic (exact) mass is 610 g/mol. The maximum Gasteiger partial charge on any atom is 0.261 e. The second kappa shape index (κ2) is 12.6. The summed E-state index contributed by atoms with van der Waals surface area (Å²) in [4.78, 5) is 29.6. The van der Waals surface area contributed by atoms with E-state index >= 15 is 0 Å². The summed E-state index contributed by atoms with van der Waals surface area (Å²) < 4.78 is 21.1. The summed E-state index contributed by atoms with van der Waals surface area (Å²) in [6, 6.07) is 14.8. The van der Waals surface area contributed by atoms with Gasteiger partial charge in [0.15, 0.2) is 5.96 Å². The van der Waals surface area contributed by atoms with Gasteiger partial charge in [-0.25, -0.2) is 14.4 Å². The van der Waals surface area contributed by atoms with E-state index in [0.29, 0.717) is 58.4 Å². The first-order chi connectivity index (χ1) is 21.6.